The number of anilines is 2. The summed E-state index contributed by atoms with van der Waals surface area (Å²) in [6.07, 6.45) is 0.372. The molecule has 9 rings (SSSR count). The van der Waals surface area contributed by atoms with Crippen LogP contribution in [0.25, 0.3) is 11.0 Å². The summed E-state index contributed by atoms with van der Waals surface area (Å²) >= 11 is 0. The molecule has 0 spiro atoms. The maximum absolute atomic E-state index is 13.8. The maximum atomic E-state index is 13.8. The zero-order valence-electron chi connectivity index (χ0n) is 39.6. The average molecular weight is 1230 g/mol. The fraction of sp³-hybridized carbons (Fsp3) is 0.429. The Bertz CT molecular complexity index is 2820. The molecule has 2 aliphatic carbocycles. The number of halogens is 1. The quantitative estimate of drug-likeness (QED) is 0.0899. The van der Waals surface area contributed by atoms with Gasteiger partial charge in [-0.05, 0) is 68.5 Å². The van der Waals surface area contributed by atoms with Gasteiger partial charge >= 0.3 is 0 Å². The number of phenolic OH excluding ortho intramolecular Hbond substituents is 2. The molecular weight excluding hydrogens is 1180 g/mol. The standard InChI is InChI=1S/C32H37NO12.C17H19N5O2.ClH.Pu/c1-14-31(45-21-8-3-4-9-42-21)17(33)10-22(43-14)44-19-12-32(40,20(35)13-34)11-16-24(19)30(39)26-25(28(16)37)27(36)15-6-5-7-18(41-2)23(15)29(26)38;1-9-11(6-10-7-12(23-2)4-5-13(10)24-3)8-20-16-14(9)15(18)21-17(19)22-16;;/h5-7,14,17,19,21-22,31,34,37,39-40H,3-4,8-13,33H2,1-2H3;4-5,7-8H,6H2,1-3H3,(H4,18,19,20,21,22);1H;/t14-,17-,19?,21+,22-,31+,32-;;;/m0.../s1. The number of carbonyl (C=O) groups excluding carboxylic acids is 3. The van der Waals surface area contributed by atoms with Crippen LogP contribution in [0.4, 0.5) is 11.8 Å². The minimum Gasteiger partial charge on any atom is -0.507 e. The Morgan fingerprint density at radius 1 is 0.915 bits per heavy atom. The van der Waals surface area contributed by atoms with Gasteiger partial charge in [-0.2, -0.15) is 9.97 Å². The zero-order valence-corrected chi connectivity index (χ0v) is 43.8. The fourth-order valence-electron chi connectivity index (χ4n) is 9.68. The van der Waals surface area contributed by atoms with E-state index in [-0.39, 0.29) is 82.0 Å². The van der Waals surface area contributed by atoms with E-state index in [1.54, 1.807) is 27.3 Å². The van der Waals surface area contributed by atoms with Crippen LogP contribution in [0.3, 0.4) is 0 Å². The number of aliphatic hydroxyl groups is 2. The summed E-state index contributed by atoms with van der Waals surface area (Å²) in [4.78, 5) is 52.8. The summed E-state index contributed by atoms with van der Waals surface area (Å²) in [5.41, 5.74) is 18.1. The summed E-state index contributed by atoms with van der Waals surface area (Å²) in [5, 5.41) is 45.0. The van der Waals surface area contributed by atoms with Gasteiger partial charge in [0.15, 0.2) is 29.8 Å². The second-order valence-corrected chi connectivity index (χ2v) is 17.5. The predicted molar refractivity (Wildman–Crippen MR) is 255 cm³/mol. The zero-order chi connectivity index (χ0) is 49.5. The first kappa shape index (κ1) is 55.1. The third-order valence-corrected chi connectivity index (χ3v) is 13.2. The monoisotopic (exact) mass is 1230 g/mol. The molecule has 20 nitrogen and oxygen atoms in total. The van der Waals surface area contributed by atoms with Crippen LogP contribution < -0.4 is 31.4 Å². The number of fused-ring (bicyclic) bond motifs is 4. The summed E-state index contributed by atoms with van der Waals surface area (Å²) in [5.74, 6) is -1.66. The number of pyridine rings is 1. The number of phenols is 2. The van der Waals surface area contributed by atoms with E-state index >= 15 is 0 Å². The second kappa shape index (κ2) is 22.7. The first-order valence-electron chi connectivity index (χ1n) is 22.5. The Labute approximate surface area is 436 Å². The third-order valence-electron chi connectivity index (χ3n) is 13.2. The van der Waals surface area contributed by atoms with Gasteiger partial charge in [0.05, 0.1) is 55.6 Å². The Kier molecular flexibility index (Phi) is 17.6. The van der Waals surface area contributed by atoms with Crippen LogP contribution in [0.15, 0.2) is 42.6 Å². The number of methoxy groups -OCH3 is 3. The molecule has 22 heteroatoms. The molecule has 7 atom stereocenters. The molecule has 71 heavy (non-hydrogen) atoms. The number of nitrogens with two attached hydrogens (primary N) is 3. The number of hydrogen-bond acceptors (Lipinski definition) is 20. The summed E-state index contributed by atoms with van der Waals surface area (Å²) in [6.45, 7) is 3.32. The van der Waals surface area contributed by atoms with Crippen molar-refractivity contribution in [2.45, 2.75) is 101 Å². The number of benzene rings is 3. The molecule has 2 aromatic heterocycles. The molecule has 3 aromatic carbocycles. The largest absolute Gasteiger partial charge is 0.507 e. The number of nitrogen functional groups attached to an aromatic ring is 2. The van der Waals surface area contributed by atoms with Gasteiger partial charge in [0.2, 0.25) is 11.7 Å². The molecule has 2 fully saturated rings. The van der Waals surface area contributed by atoms with Gasteiger partial charge in [-0.1, -0.05) is 12.1 Å². The number of aryl methyl sites for hydroxylation is 1. The molecule has 380 valence electrons. The van der Waals surface area contributed by atoms with E-state index in [0.717, 1.165) is 52.8 Å². The molecule has 0 bridgehead atoms. The van der Waals surface area contributed by atoms with E-state index in [4.69, 9.17) is 50.4 Å². The van der Waals surface area contributed by atoms with Gasteiger partial charge < -0.3 is 70.8 Å². The molecular formula is C49H57ClN6O14Pu. The molecule has 4 aliphatic rings. The number of aliphatic hydroxyl groups excluding tert-OH is 1. The van der Waals surface area contributed by atoms with Gasteiger partial charge in [-0.15, -0.1) is 12.4 Å². The number of ketones is 3. The van der Waals surface area contributed by atoms with E-state index < -0.39 is 102 Å². The van der Waals surface area contributed by atoms with E-state index in [9.17, 15) is 34.8 Å². The molecule has 5 aromatic rings. The van der Waals surface area contributed by atoms with E-state index in [2.05, 4.69) is 15.0 Å². The van der Waals surface area contributed by atoms with Gasteiger partial charge in [0.1, 0.15) is 52.9 Å². The normalized spacial score (nSPS) is 23.4. The molecule has 0 radical (unpaired) electrons. The Morgan fingerprint density at radius 2 is 1.65 bits per heavy atom. The van der Waals surface area contributed by atoms with E-state index in [0.29, 0.717) is 24.5 Å². The van der Waals surface area contributed by atoms with Crippen molar-refractivity contribution in [3.63, 3.8) is 0 Å². The third kappa shape index (κ3) is 10.6. The molecule has 4 heterocycles. The van der Waals surface area contributed by atoms with Gasteiger partial charge in [0.25, 0.3) is 0 Å². The number of carbonyl (C=O) groups is 3. The summed E-state index contributed by atoms with van der Waals surface area (Å²) < 4.78 is 40.2. The van der Waals surface area contributed by atoms with Crippen LogP contribution in [0.1, 0.15) is 105 Å². The number of nitrogens with zero attached hydrogens (tertiary/aromatic N) is 3. The minimum absolute atomic E-state index is 0. The molecule has 10 N–H and O–H groups in total. The van der Waals surface area contributed by atoms with Crippen molar-refractivity contribution in [2.24, 2.45) is 5.73 Å². The first-order valence-corrected chi connectivity index (χ1v) is 22.5. The van der Waals surface area contributed by atoms with Crippen LogP contribution in [0.5, 0.6) is 28.7 Å². The Morgan fingerprint density at radius 3 is 2.31 bits per heavy atom. The second-order valence-electron chi connectivity index (χ2n) is 17.5. The van der Waals surface area contributed by atoms with Crippen LogP contribution in [-0.4, -0.2) is 124 Å². The van der Waals surface area contributed by atoms with Crippen molar-refractivity contribution in [2.75, 3.05) is 46.0 Å². The topological polar surface area (TPSA) is 313 Å². The molecule has 0 saturated carbocycles. The SMILES string of the molecule is COc1ccc(OC)c(Cc2cnc3nc(N)nc(N)c3c2C)c1.COc1cccc2c1C(=O)c1c(O)c3c(c(O)c1C2=O)C[C@@](O)(C(=O)CO)CC3O[C@H]1C[C@H](N)[C@H](O[C@@H]2CCCCO2)[C@H](C)O1.Cl.[Pu]. The number of aromatic nitrogens is 3. The van der Waals surface area contributed by atoms with E-state index in [1.807, 2.05) is 25.1 Å². The molecule has 2 saturated heterocycles. The maximum Gasteiger partial charge on any atom is 0.224 e. The number of ether oxygens (including phenoxy) is 7. The smallest absolute Gasteiger partial charge is 0.224 e. The van der Waals surface area contributed by atoms with Crippen molar-refractivity contribution in [3.05, 3.63) is 92.7 Å². The fourth-order valence-corrected chi connectivity index (χ4v) is 9.68. The van der Waals surface area contributed by atoms with Crippen LogP contribution >= 0.6 is 12.4 Å². The minimum atomic E-state index is -2.24. The van der Waals surface area contributed by atoms with Crippen molar-refractivity contribution >= 4 is 52.6 Å². The van der Waals surface area contributed by atoms with Crippen molar-refractivity contribution in [3.8, 4) is 28.7 Å². The number of hydrogen-bond donors (Lipinski definition) is 7. The molecule has 0 amide bonds. The Balaban J connectivity index is 0.000000269. The van der Waals surface area contributed by atoms with Gasteiger partial charge in [-0.3, -0.25) is 14.4 Å². The Hall–Kier alpha value is -5.24. The van der Waals surface area contributed by atoms with Crippen molar-refractivity contribution in [1.82, 2.24) is 15.0 Å². The van der Waals surface area contributed by atoms with Gasteiger partial charge in [-0.25, -0.2) is 4.98 Å². The van der Waals surface area contributed by atoms with Crippen LogP contribution in [0, 0.1) is 36.1 Å². The van der Waals surface area contributed by atoms with Gasteiger partial charge in [0, 0.05) is 96.0 Å². The first-order chi connectivity index (χ1) is 33.0. The average Bonchev–Trinajstić information content (AvgIpc) is 3.33. The van der Waals surface area contributed by atoms with Crippen LogP contribution in [-0.2, 0) is 36.6 Å². The summed E-state index contributed by atoms with van der Waals surface area (Å²) in [7, 11) is 4.62. The predicted octanol–water partition coefficient (Wildman–Crippen LogP) is 4.08. The number of Topliss-reactive ketones (excluding diaryl/α,β-unsaturated/α-hetero) is 1. The number of rotatable bonds is 11. The van der Waals surface area contributed by atoms with Crippen molar-refractivity contribution in [1.29, 1.82) is 0 Å². The molecule has 2 aliphatic heterocycles. The summed E-state index contributed by atoms with van der Waals surface area (Å²) in [6, 6.07) is 9.55. The van der Waals surface area contributed by atoms with Crippen LogP contribution in [0.2, 0.25) is 0 Å². The van der Waals surface area contributed by atoms with E-state index in [1.165, 1.54) is 25.3 Å². The van der Waals surface area contributed by atoms with Crippen molar-refractivity contribution < 1.29 is 97.1 Å². The molecule has 1 unspecified atom stereocenters. The number of aromatic hydroxyl groups is 2.